The van der Waals surface area contributed by atoms with E-state index in [1.165, 1.54) is 12.1 Å². The summed E-state index contributed by atoms with van der Waals surface area (Å²) in [6.07, 6.45) is 1.58. The molecule has 5 heteroatoms. The van der Waals surface area contributed by atoms with Gasteiger partial charge in [-0.05, 0) is 50.4 Å². The largest absolute Gasteiger partial charge is 0.388 e. The number of aliphatic hydroxyl groups excluding tert-OH is 1. The first-order valence-corrected chi connectivity index (χ1v) is 7.03. The Morgan fingerprint density at radius 2 is 2.20 bits per heavy atom. The molecule has 4 nitrogen and oxygen atoms in total. The van der Waals surface area contributed by atoms with Gasteiger partial charge in [0.25, 0.3) is 0 Å². The molecule has 20 heavy (non-hydrogen) atoms. The molecule has 1 aromatic rings. The molecule has 1 aromatic carbocycles. The predicted octanol–water partition coefficient (Wildman–Crippen LogP) is 1.51. The first-order chi connectivity index (χ1) is 9.56. The van der Waals surface area contributed by atoms with E-state index >= 15 is 0 Å². The Labute approximate surface area is 118 Å². The van der Waals surface area contributed by atoms with Gasteiger partial charge in [-0.1, -0.05) is 12.1 Å². The summed E-state index contributed by atoms with van der Waals surface area (Å²) in [5.74, 6) is -0.337. The predicted molar refractivity (Wildman–Crippen MR) is 74.6 cm³/mol. The number of hydrogen-bond donors (Lipinski definition) is 3. The highest BCUT2D eigenvalue weighted by molar-refractivity contribution is 5.82. The molecule has 110 valence electrons. The lowest BCUT2D eigenvalue weighted by Crippen LogP contribution is -2.44. The summed E-state index contributed by atoms with van der Waals surface area (Å²) in [4.78, 5) is 11.9. The number of halogens is 1. The molecule has 1 aliphatic heterocycles. The summed E-state index contributed by atoms with van der Waals surface area (Å²) >= 11 is 0. The summed E-state index contributed by atoms with van der Waals surface area (Å²) in [6, 6.07) is 5.53. The Hall–Kier alpha value is -1.46. The third-order valence-electron chi connectivity index (χ3n) is 3.60. The van der Waals surface area contributed by atoms with Gasteiger partial charge in [-0.3, -0.25) is 4.79 Å². The van der Waals surface area contributed by atoms with E-state index in [1.807, 2.05) is 6.92 Å². The van der Waals surface area contributed by atoms with Crippen molar-refractivity contribution in [1.82, 2.24) is 10.6 Å². The number of rotatable bonds is 5. The number of hydrogen-bond acceptors (Lipinski definition) is 3. The fraction of sp³-hybridized carbons (Fsp3) is 0.533. The average molecular weight is 280 g/mol. The minimum absolute atomic E-state index is 0.0127. The van der Waals surface area contributed by atoms with Crippen molar-refractivity contribution in [2.45, 2.75) is 44.4 Å². The molecule has 0 bridgehead atoms. The van der Waals surface area contributed by atoms with Crippen LogP contribution in [-0.2, 0) is 4.79 Å². The lowest BCUT2D eigenvalue weighted by molar-refractivity contribution is -0.123. The highest BCUT2D eigenvalue weighted by Gasteiger charge is 2.23. The van der Waals surface area contributed by atoms with E-state index in [9.17, 15) is 14.3 Å². The van der Waals surface area contributed by atoms with Crippen molar-refractivity contribution in [3.63, 3.8) is 0 Å². The number of benzene rings is 1. The van der Waals surface area contributed by atoms with E-state index in [0.29, 0.717) is 12.0 Å². The lowest BCUT2D eigenvalue weighted by atomic mass is 10.0. The fourth-order valence-corrected chi connectivity index (χ4v) is 2.47. The van der Waals surface area contributed by atoms with Gasteiger partial charge in [0.05, 0.1) is 12.1 Å². The molecule has 3 atom stereocenters. The van der Waals surface area contributed by atoms with Crippen LogP contribution in [0.15, 0.2) is 24.3 Å². The van der Waals surface area contributed by atoms with Crippen LogP contribution < -0.4 is 10.6 Å². The molecule has 1 aliphatic rings. The van der Waals surface area contributed by atoms with E-state index in [0.717, 1.165) is 19.4 Å². The van der Waals surface area contributed by atoms with Crippen molar-refractivity contribution in [2.24, 2.45) is 0 Å². The highest BCUT2D eigenvalue weighted by atomic mass is 19.1. The minimum Gasteiger partial charge on any atom is -0.388 e. The van der Waals surface area contributed by atoms with Gasteiger partial charge in [0.1, 0.15) is 5.82 Å². The molecule has 1 heterocycles. The van der Waals surface area contributed by atoms with E-state index in [2.05, 4.69) is 10.6 Å². The molecule has 1 saturated heterocycles. The second-order valence-corrected chi connectivity index (χ2v) is 5.36. The maximum Gasteiger partial charge on any atom is 0.237 e. The normalized spacial score (nSPS) is 21.4. The van der Waals surface area contributed by atoms with E-state index in [-0.39, 0.29) is 23.8 Å². The van der Waals surface area contributed by atoms with Crippen LogP contribution in [0.1, 0.15) is 37.9 Å². The third kappa shape index (κ3) is 4.02. The Kier molecular flexibility index (Phi) is 5.09. The maximum atomic E-state index is 12.8. The number of carbonyl (C=O) groups is 1. The molecule has 1 fully saturated rings. The van der Waals surface area contributed by atoms with E-state index in [4.69, 9.17) is 0 Å². The standard InChI is InChI=1S/C15H21FN2O2/c1-10(18-15(20)13-3-2-8-17-13)9-14(19)11-4-6-12(16)7-5-11/h4-7,10,13-14,17,19H,2-3,8-9H2,1H3,(H,18,20). The zero-order valence-electron chi connectivity index (χ0n) is 11.6. The van der Waals surface area contributed by atoms with Crippen LogP contribution in [0.5, 0.6) is 0 Å². The first kappa shape index (κ1) is 14.9. The van der Waals surface area contributed by atoms with Crippen LogP contribution in [0.25, 0.3) is 0 Å². The van der Waals surface area contributed by atoms with Crippen molar-refractivity contribution >= 4 is 5.91 Å². The Bertz CT molecular complexity index is 444. The van der Waals surface area contributed by atoms with Crippen LogP contribution in [0, 0.1) is 5.82 Å². The number of amides is 1. The van der Waals surface area contributed by atoms with E-state index in [1.54, 1.807) is 12.1 Å². The van der Waals surface area contributed by atoms with Gasteiger partial charge in [0, 0.05) is 6.04 Å². The summed E-state index contributed by atoms with van der Waals surface area (Å²) in [7, 11) is 0. The first-order valence-electron chi connectivity index (χ1n) is 7.03. The average Bonchev–Trinajstić information content (AvgIpc) is 2.93. The van der Waals surface area contributed by atoms with Crippen molar-refractivity contribution in [1.29, 1.82) is 0 Å². The highest BCUT2D eigenvalue weighted by Crippen LogP contribution is 2.18. The van der Waals surface area contributed by atoms with Crippen LogP contribution in [0.3, 0.4) is 0 Å². The van der Waals surface area contributed by atoms with Crippen molar-refractivity contribution in [2.75, 3.05) is 6.54 Å². The Morgan fingerprint density at radius 3 is 2.80 bits per heavy atom. The molecule has 0 spiro atoms. The second-order valence-electron chi connectivity index (χ2n) is 5.36. The van der Waals surface area contributed by atoms with Crippen LogP contribution in [0.4, 0.5) is 4.39 Å². The van der Waals surface area contributed by atoms with Gasteiger partial charge in [-0.25, -0.2) is 4.39 Å². The van der Waals surface area contributed by atoms with Gasteiger partial charge in [-0.15, -0.1) is 0 Å². The third-order valence-corrected chi connectivity index (χ3v) is 3.60. The SMILES string of the molecule is CC(CC(O)c1ccc(F)cc1)NC(=O)C1CCCN1. The number of carbonyl (C=O) groups excluding carboxylic acids is 1. The molecule has 0 aromatic heterocycles. The zero-order valence-corrected chi connectivity index (χ0v) is 11.6. The molecule has 0 radical (unpaired) electrons. The Balaban J connectivity index is 1.82. The molecule has 0 aliphatic carbocycles. The van der Waals surface area contributed by atoms with Crippen molar-refractivity contribution in [3.05, 3.63) is 35.6 Å². The molecular weight excluding hydrogens is 259 g/mol. The smallest absolute Gasteiger partial charge is 0.237 e. The Morgan fingerprint density at radius 1 is 1.50 bits per heavy atom. The molecule has 1 amide bonds. The van der Waals surface area contributed by atoms with Crippen LogP contribution in [0.2, 0.25) is 0 Å². The molecule has 0 saturated carbocycles. The lowest BCUT2D eigenvalue weighted by Gasteiger charge is -2.20. The summed E-state index contributed by atoms with van der Waals surface area (Å²) in [5, 5.41) is 16.1. The quantitative estimate of drug-likeness (QED) is 0.766. The molecule has 2 rings (SSSR count). The van der Waals surface area contributed by atoms with Gasteiger partial charge >= 0.3 is 0 Å². The van der Waals surface area contributed by atoms with Gasteiger partial charge in [0.15, 0.2) is 0 Å². The van der Waals surface area contributed by atoms with Gasteiger partial charge in [0.2, 0.25) is 5.91 Å². The fourth-order valence-electron chi connectivity index (χ4n) is 2.47. The van der Waals surface area contributed by atoms with E-state index < -0.39 is 6.10 Å². The monoisotopic (exact) mass is 280 g/mol. The van der Waals surface area contributed by atoms with Crippen molar-refractivity contribution < 1.29 is 14.3 Å². The summed E-state index contributed by atoms with van der Waals surface area (Å²) in [6.45, 7) is 2.74. The topological polar surface area (TPSA) is 61.4 Å². The van der Waals surface area contributed by atoms with Gasteiger partial charge < -0.3 is 15.7 Å². The summed E-state index contributed by atoms with van der Waals surface area (Å²) in [5.41, 5.74) is 0.659. The van der Waals surface area contributed by atoms with Crippen molar-refractivity contribution in [3.8, 4) is 0 Å². The zero-order chi connectivity index (χ0) is 14.5. The molecule has 3 N–H and O–H groups in total. The van der Waals surface area contributed by atoms with Gasteiger partial charge in [-0.2, -0.15) is 0 Å². The molecular formula is C15H21FN2O2. The second kappa shape index (κ2) is 6.81. The number of aliphatic hydroxyl groups is 1. The minimum atomic E-state index is -0.706. The van der Waals surface area contributed by atoms with Crippen LogP contribution in [-0.4, -0.2) is 29.6 Å². The maximum absolute atomic E-state index is 12.8. The van der Waals surface area contributed by atoms with Crippen LogP contribution >= 0.6 is 0 Å². The number of nitrogens with one attached hydrogen (secondary N) is 2. The molecule has 3 unspecified atom stereocenters. The summed E-state index contributed by atoms with van der Waals surface area (Å²) < 4.78 is 12.8.